The van der Waals surface area contributed by atoms with Crippen LogP contribution in [0.1, 0.15) is 29.3 Å². The van der Waals surface area contributed by atoms with Gasteiger partial charge in [0.05, 0.1) is 4.92 Å². The molecule has 6 heteroatoms. The molecule has 0 unspecified atom stereocenters. The van der Waals surface area contributed by atoms with Crippen LogP contribution in [-0.2, 0) is 0 Å². The van der Waals surface area contributed by atoms with Crippen molar-refractivity contribution in [2.45, 2.75) is 20.3 Å². The Morgan fingerprint density at radius 1 is 1.42 bits per heavy atom. The lowest BCUT2D eigenvalue weighted by Crippen LogP contribution is -2.33. The molecule has 0 aliphatic heterocycles. The first-order chi connectivity index (χ1) is 9.01. The molecule has 0 aliphatic carbocycles. The van der Waals surface area contributed by atoms with Gasteiger partial charge in [0, 0.05) is 36.7 Å². The fraction of sp³-hybridized carbons (Fsp3) is 0.462. The third kappa shape index (κ3) is 3.92. The van der Waals surface area contributed by atoms with Gasteiger partial charge in [-0.3, -0.25) is 14.9 Å². The summed E-state index contributed by atoms with van der Waals surface area (Å²) in [6, 6.07) is 4.32. The van der Waals surface area contributed by atoms with Gasteiger partial charge in [-0.15, -0.1) is 11.6 Å². The Balaban J connectivity index is 3.08. The summed E-state index contributed by atoms with van der Waals surface area (Å²) in [6.07, 6.45) is 0.816. The molecule has 1 aromatic rings. The van der Waals surface area contributed by atoms with E-state index < -0.39 is 4.92 Å². The van der Waals surface area contributed by atoms with Crippen LogP contribution in [0.4, 0.5) is 5.69 Å². The SMILES string of the molecule is CCCN(CCCl)C(=O)c1cc([N+](=O)[O-])ccc1C. The summed E-state index contributed by atoms with van der Waals surface area (Å²) in [6.45, 7) is 4.76. The molecule has 1 rings (SSSR count). The van der Waals surface area contributed by atoms with Crippen LogP contribution in [0.3, 0.4) is 0 Å². The Hall–Kier alpha value is -1.62. The van der Waals surface area contributed by atoms with Gasteiger partial charge in [0.25, 0.3) is 11.6 Å². The lowest BCUT2D eigenvalue weighted by molar-refractivity contribution is -0.384. The van der Waals surface area contributed by atoms with Gasteiger partial charge >= 0.3 is 0 Å². The highest BCUT2D eigenvalue weighted by molar-refractivity contribution is 6.18. The number of alkyl halides is 1. The zero-order chi connectivity index (χ0) is 14.4. The standard InChI is InChI=1S/C13H17ClN2O3/c1-3-7-15(8-6-14)13(17)12-9-11(16(18)19)5-4-10(12)2/h4-5,9H,3,6-8H2,1-2H3. The van der Waals surface area contributed by atoms with Gasteiger partial charge in [-0.1, -0.05) is 13.0 Å². The van der Waals surface area contributed by atoms with Crippen molar-refractivity contribution >= 4 is 23.2 Å². The van der Waals surface area contributed by atoms with Crippen LogP contribution in [0.25, 0.3) is 0 Å². The van der Waals surface area contributed by atoms with Gasteiger partial charge in [-0.2, -0.15) is 0 Å². The largest absolute Gasteiger partial charge is 0.337 e. The molecule has 19 heavy (non-hydrogen) atoms. The Kier molecular flexibility index (Phi) is 5.76. The molecule has 0 fully saturated rings. The molecular formula is C13H17ClN2O3. The average molecular weight is 285 g/mol. The number of hydrogen-bond acceptors (Lipinski definition) is 3. The summed E-state index contributed by atoms with van der Waals surface area (Å²) in [7, 11) is 0. The van der Waals surface area contributed by atoms with E-state index in [0.717, 1.165) is 12.0 Å². The van der Waals surface area contributed by atoms with Gasteiger partial charge in [-0.05, 0) is 18.9 Å². The normalized spacial score (nSPS) is 10.3. The number of non-ortho nitro benzene ring substituents is 1. The second kappa shape index (κ2) is 7.09. The zero-order valence-electron chi connectivity index (χ0n) is 11.1. The minimum atomic E-state index is -0.498. The van der Waals surface area contributed by atoms with Gasteiger partial charge in [0.15, 0.2) is 0 Å². The molecule has 104 valence electrons. The Bertz CT molecular complexity index is 471. The molecule has 5 nitrogen and oxygen atoms in total. The third-order valence-electron chi connectivity index (χ3n) is 2.80. The molecule has 0 saturated carbocycles. The van der Waals surface area contributed by atoms with Crippen molar-refractivity contribution in [3.05, 3.63) is 39.4 Å². The van der Waals surface area contributed by atoms with Crippen molar-refractivity contribution in [3.8, 4) is 0 Å². The predicted octanol–water partition coefficient (Wildman–Crippen LogP) is 2.99. The number of amides is 1. The highest BCUT2D eigenvalue weighted by atomic mass is 35.5. The topological polar surface area (TPSA) is 63.5 Å². The molecule has 0 atom stereocenters. The van der Waals surface area contributed by atoms with Crippen LogP contribution in [0.5, 0.6) is 0 Å². The minimum absolute atomic E-state index is 0.0729. The number of nitro groups is 1. The van der Waals surface area contributed by atoms with Gasteiger partial charge in [0.2, 0.25) is 0 Å². The number of nitro benzene ring substituents is 1. The number of rotatable bonds is 6. The Morgan fingerprint density at radius 2 is 2.11 bits per heavy atom. The summed E-state index contributed by atoms with van der Waals surface area (Å²) in [5, 5.41) is 10.8. The molecule has 0 bridgehead atoms. The maximum absolute atomic E-state index is 12.4. The van der Waals surface area contributed by atoms with E-state index >= 15 is 0 Å². The summed E-state index contributed by atoms with van der Waals surface area (Å²) < 4.78 is 0. The van der Waals surface area contributed by atoms with Crippen LogP contribution < -0.4 is 0 Å². The van der Waals surface area contributed by atoms with Gasteiger partial charge in [0.1, 0.15) is 0 Å². The first-order valence-corrected chi connectivity index (χ1v) is 6.65. The number of halogens is 1. The smallest absolute Gasteiger partial charge is 0.270 e. The van der Waals surface area contributed by atoms with E-state index in [1.54, 1.807) is 17.9 Å². The molecule has 1 amide bonds. The van der Waals surface area contributed by atoms with E-state index in [9.17, 15) is 14.9 Å². The van der Waals surface area contributed by atoms with Crippen molar-refractivity contribution in [1.82, 2.24) is 4.90 Å². The maximum atomic E-state index is 12.4. The fourth-order valence-electron chi connectivity index (χ4n) is 1.81. The van der Waals surface area contributed by atoms with Gasteiger partial charge < -0.3 is 4.90 Å². The number of nitrogens with zero attached hydrogens (tertiary/aromatic N) is 2. The molecule has 0 N–H and O–H groups in total. The summed E-state index contributed by atoms with van der Waals surface area (Å²) in [5.41, 5.74) is 1.02. The number of carbonyl (C=O) groups is 1. The number of aryl methyl sites for hydroxylation is 1. The first kappa shape index (κ1) is 15.4. The quantitative estimate of drug-likeness (QED) is 0.458. The van der Waals surface area contributed by atoms with E-state index in [1.807, 2.05) is 6.92 Å². The van der Waals surface area contributed by atoms with Crippen LogP contribution >= 0.6 is 11.6 Å². The molecule has 0 aromatic heterocycles. The number of hydrogen-bond donors (Lipinski definition) is 0. The van der Waals surface area contributed by atoms with Crippen LogP contribution in [0.2, 0.25) is 0 Å². The summed E-state index contributed by atoms with van der Waals surface area (Å²) in [5.74, 6) is 0.142. The number of carbonyl (C=O) groups excluding carboxylic acids is 1. The van der Waals surface area contributed by atoms with E-state index in [1.165, 1.54) is 12.1 Å². The fourth-order valence-corrected chi connectivity index (χ4v) is 2.02. The molecular weight excluding hydrogens is 268 g/mol. The van der Waals surface area contributed by atoms with Crippen LogP contribution in [0, 0.1) is 17.0 Å². The van der Waals surface area contributed by atoms with E-state index in [2.05, 4.69) is 0 Å². The minimum Gasteiger partial charge on any atom is -0.337 e. The maximum Gasteiger partial charge on any atom is 0.270 e. The van der Waals surface area contributed by atoms with Crippen molar-refractivity contribution in [1.29, 1.82) is 0 Å². The summed E-state index contributed by atoms with van der Waals surface area (Å²) >= 11 is 5.68. The van der Waals surface area contributed by atoms with Crippen molar-refractivity contribution in [2.75, 3.05) is 19.0 Å². The lowest BCUT2D eigenvalue weighted by Gasteiger charge is -2.21. The highest BCUT2D eigenvalue weighted by Gasteiger charge is 2.19. The van der Waals surface area contributed by atoms with Gasteiger partial charge in [-0.25, -0.2) is 0 Å². The Morgan fingerprint density at radius 3 is 2.63 bits per heavy atom. The predicted molar refractivity (Wildman–Crippen MR) is 74.7 cm³/mol. The van der Waals surface area contributed by atoms with E-state index in [-0.39, 0.29) is 11.6 Å². The van der Waals surface area contributed by atoms with Crippen LogP contribution in [-0.4, -0.2) is 34.7 Å². The zero-order valence-corrected chi connectivity index (χ0v) is 11.8. The average Bonchev–Trinajstić information content (AvgIpc) is 2.38. The van der Waals surface area contributed by atoms with Crippen molar-refractivity contribution in [3.63, 3.8) is 0 Å². The Labute approximate surface area is 117 Å². The van der Waals surface area contributed by atoms with Crippen molar-refractivity contribution in [2.24, 2.45) is 0 Å². The summed E-state index contributed by atoms with van der Waals surface area (Å²) in [4.78, 5) is 24.3. The lowest BCUT2D eigenvalue weighted by atomic mass is 10.1. The number of benzene rings is 1. The van der Waals surface area contributed by atoms with E-state index in [0.29, 0.717) is 24.5 Å². The monoisotopic (exact) mass is 284 g/mol. The second-order valence-corrected chi connectivity index (χ2v) is 4.62. The molecule has 0 aliphatic rings. The van der Waals surface area contributed by atoms with E-state index in [4.69, 9.17) is 11.6 Å². The molecule has 0 heterocycles. The molecule has 1 aromatic carbocycles. The second-order valence-electron chi connectivity index (χ2n) is 4.24. The third-order valence-corrected chi connectivity index (χ3v) is 2.97. The van der Waals surface area contributed by atoms with Crippen LogP contribution in [0.15, 0.2) is 18.2 Å². The highest BCUT2D eigenvalue weighted by Crippen LogP contribution is 2.19. The van der Waals surface area contributed by atoms with Crippen molar-refractivity contribution < 1.29 is 9.72 Å². The molecule has 0 radical (unpaired) electrons. The molecule has 0 saturated heterocycles. The molecule has 0 spiro atoms. The first-order valence-electron chi connectivity index (χ1n) is 6.11.